The van der Waals surface area contributed by atoms with Crippen molar-refractivity contribution in [3.8, 4) is 6.07 Å². The molecule has 0 aromatic heterocycles. The van der Waals surface area contributed by atoms with E-state index < -0.39 is 0 Å². The standard InChI is InChI=1S/C22H41N/c23-21-22-19-17-15-13-11-9-7-5-3-1-2-4-6-8-10-12-14-16-18-20-22/h22H,1-20H2. The summed E-state index contributed by atoms with van der Waals surface area (Å²) in [6.07, 6.45) is 27.7. The van der Waals surface area contributed by atoms with Crippen LogP contribution >= 0.6 is 0 Å². The second kappa shape index (κ2) is 16.4. The molecule has 23 heavy (non-hydrogen) atoms. The highest BCUT2D eigenvalue weighted by Crippen LogP contribution is 2.19. The molecule has 0 aliphatic heterocycles. The van der Waals surface area contributed by atoms with E-state index in [-0.39, 0.29) is 0 Å². The molecule has 1 aliphatic carbocycles. The van der Waals surface area contributed by atoms with Crippen LogP contribution in [-0.4, -0.2) is 0 Å². The van der Waals surface area contributed by atoms with Gasteiger partial charge >= 0.3 is 0 Å². The van der Waals surface area contributed by atoms with E-state index in [2.05, 4.69) is 6.07 Å². The maximum absolute atomic E-state index is 9.28. The van der Waals surface area contributed by atoms with E-state index in [1.807, 2.05) is 0 Å². The molecule has 1 rings (SSSR count). The maximum atomic E-state index is 9.28. The average molecular weight is 320 g/mol. The van der Waals surface area contributed by atoms with Gasteiger partial charge in [0, 0.05) is 5.92 Å². The molecule has 1 nitrogen and oxygen atoms in total. The molecule has 1 saturated carbocycles. The van der Waals surface area contributed by atoms with Crippen molar-refractivity contribution in [3.05, 3.63) is 0 Å². The lowest BCUT2D eigenvalue weighted by molar-refractivity contribution is 0.470. The second-order valence-corrected chi connectivity index (χ2v) is 7.77. The summed E-state index contributed by atoms with van der Waals surface area (Å²) in [4.78, 5) is 0. The van der Waals surface area contributed by atoms with Crippen LogP contribution in [0.4, 0.5) is 0 Å². The molecule has 0 unspecified atom stereocenters. The van der Waals surface area contributed by atoms with Crippen LogP contribution in [-0.2, 0) is 0 Å². The van der Waals surface area contributed by atoms with E-state index in [9.17, 15) is 5.26 Å². The van der Waals surface area contributed by atoms with Crippen molar-refractivity contribution < 1.29 is 0 Å². The Hall–Kier alpha value is -0.510. The van der Waals surface area contributed by atoms with Crippen LogP contribution in [0.15, 0.2) is 0 Å². The van der Waals surface area contributed by atoms with Crippen LogP contribution in [0.3, 0.4) is 0 Å². The van der Waals surface area contributed by atoms with Crippen molar-refractivity contribution in [1.29, 1.82) is 5.26 Å². The van der Waals surface area contributed by atoms with Crippen molar-refractivity contribution in [2.24, 2.45) is 5.92 Å². The Balaban J connectivity index is 2.15. The minimum Gasteiger partial charge on any atom is -0.198 e. The molecular weight excluding hydrogens is 278 g/mol. The first-order valence-electron chi connectivity index (χ1n) is 10.8. The highest BCUT2D eigenvalue weighted by atomic mass is 14.3. The van der Waals surface area contributed by atoms with Crippen molar-refractivity contribution in [2.75, 3.05) is 0 Å². The summed E-state index contributed by atoms with van der Waals surface area (Å²) in [5, 5.41) is 9.28. The minimum absolute atomic E-state index is 0.337. The summed E-state index contributed by atoms with van der Waals surface area (Å²) >= 11 is 0. The molecule has 0 aromatic rings. The predicted octanol–water partition coefficient (Wildman–Crippen LogP) is 7.94. The van der Waals surface area contributed by atoms with Gasteiger partial charge in [0.25, 0.3) is 0 Å². The van der Waals surface area contributed by atoms with E-state index in [1.54, 1.807) is 0 Å². The molecular formula is C22H41N. The predicted molar refractivity (Wildman–Crippen MR) is 101 cm³/mol. The van der Waals surface area contributed by atoms with Gasteiger partial charge in [-0.3, -0.25) is 0 Å². The molecule has 0 N–H and O–H groups in total. The van der Waals surface area contributed by atoms with Crippen LogP contribution < -0.4 is 0 Å². The third kappa shape index (κ3) is 13.6. The van der Waals surface area contributed by atoms with Crippen LogP contribution in [0.25, 0.3) is 0 Å². The molecule has 0 saturated heterocycles. The molecule has 1 aliphatic rings. The third-order valence-electron chi connectivity index (χ3n) is 5.54. The lowest BCUT2D eigenvalue weighted by Crippen LogP contribution is -1.97. The van der Waals surface area contributed by atoms with Gasteiger partial charge in [-0.25, -0.2) is 0 Å². The van der Waals surface area contributed by atoms with Gasteiger partial charge in [-0.15, -0.1) is 0 Å². The number of hydrogen-bond acceptors (Lipinski definition) is 1. The van der Waals surface area contributed by atoms with Crippen molar-refractivity contribution in [1.82, 2.24) is 0 Å². The Morgan fingerprint density at radius 2 is 0.609 bits per heavy atom. The summed E-state index contributed by atoms with van der Waals surface area (Å²) in [7, 11) is 0. The molecule has 0 heterocycles. The average Bonchev–Trinajstić information content (AvgIpc) is 2.57. The fraction of sp³-hybridized carbons (Fsp3) is 0.955. The topological polar surface area (TPSA) is 23.8 Å². The molecule has 134 valence electrons. The first-order chi connectivity index (χ1) is 11.4. The fourth-order valence-electron chi connectivity index (χ4n) is 3.88. The smallest absolute Gasteiger partial charge is 0.0655 e. The van der Waals surface area contributed by atoms with Crippen LogP contribution in [0.5, 0.6) is 0 Å². The van der Waals surface area contributed by atoms with Gasteiger partial charge in [-0.05, 0) is 12.8 Å². The lowest BCUT2D eigenvalue weighted by Gasteiger charge is -2.09. The van der Waals surface area contributed by atoms with Gasteiger partial charge in [0.1, 0.15) is 0 Å². The van der Waals surface area contributed by atoms with Gasteiger partial charge < -0.3 is 0 Å². The largest absolute Gasteiger partial charge is 0.198 e. The number of hydrogen-bond donors (Lipinski definition) is 0. The number of nitriles is 1. The van der Waals surface area contributed by atoms with E-state index in [1.165, 1.54) is 116 Å². The molecule has 1 fully saturated rings. The molecule has 0 radical (unpaired) electrons. The van der Waals surface area contributed by atoms with Gasteiger partial charge in [-0.2, -0.15) is 5.26 Å². The van der Waals surface area contributed by atoms with Gasteiger partial charge in [0.05, 0.1) is 6.07 Å². The summed E-state index contributed by atoms with van der Waals surface area (Å²) in [6, 6.07) is 2.55. The van der Waals surface area contributed by atoms with Crippen molar-refractivity contribution in [3.63, 3.8) is 0 Å². The number of nitrogens with zero attached hydrogens (tertiary/aromatic N) is 1. The van der Waals surface area contributed by atoms with Crippen molar-refractivity contribution in [2.45, 2.75) is 128 Å². The Morgan fingerprint density at radius 1 is 0.391 bits per heavy atom. The van der Waals surface area contributed by atoms with E-state index in [0.29, 0.717) is 5.92 Å². The van der Waals surface area contributed by atoms with E-state index >= 15 is 0 Å². The highest BCUT2D eigenvalue weighted by Gasteiger charge is 2.06. The van der Waals surface area contributed by atoms with Crippen molar-refractivity contribution >= 4 is 0 Å². The Morgan fingerprint density at radius 3 is 0.826 bits per heavy atom. The first-order valence-corrected chi connectivity index (χ1v) is 10.8. The Kier molecular flexibility index (Phi) is 14.6. The summed E-state index contributed by atoms with van der Waals surface area (Å²) < 4.78 is 0. The zero-order chi connectivity index (χ0) is 16.4. The fourth-order valence-corrected chi connectivity index (χ4v) is 3.88. The highest BCUT2D eigenvalue weighted by molar-refractivity contribution is 4.82. The van der Waals surface area contributed by atoms with E-state index in [4.69, 9.17) is 0 Å². The van der Waals surface area contributed by atoms with E-state index in [0.717, 1.165) is 12.8 Å². The van der Waals surface area contributed by atoms with Crippen LogP contribution in [0, 0.1) is 17.2 Å². The zero-order valence-electron chi connectivity index (χ0n) is 15.7. The molecule has 0 spiro atoms. The number of rotatable bonds is 0. The third-order valence-corrected chi connectivity index (χ3v) is 5.54. The SMILES string of the molecule is N#CC1CCCCCCCCCCCCCCCCCCCC1. The summed E-state index contributed by atoms with van der Waals surface area (Å²) in [5.41, 5.74) is 0. The summed E-state index contributed by atoms with van der Waals surface area (Å²) in [5.74, 6) is 0.337. The Labute approximate surface area is 146 Å². The minimum atomic E-state index is 0.337. The van der Waals surface area contributed by atoms with Gasteiger partial charge in [-0.1, -0.05) is 116 Å². The van der Waals surface area contributed by atoms with Gasteiger partial charge in [0.15, 0.2) is 0 Å². The normalized spacial score (nSPS) is 23.4. The molecule has 0 aromatic carbocycles. The Bertz CT molecular complexity index is 256. The lowest BCUT2D eigenvalue weighted by atomic mass is 9.95. The zero-order valence-corrected chi connectivity index (χ0v) is 15.7. The molecule has 0 atom stereocenters. The monoisotopic (exact) mass is 319 g/mol. The summed E-state index contributed by atoms with van der Waals surface area (Å²) in [6.45, 7) is 0. The molecule has 0 amide bonds. The maximum Gasteiger partial charge on any atom is 0.0655 e. The van der Waals surface area contributed by atoms with Gasteiger partial charge in [0.2, 0.25) is 0 Å². The molecule has 1 heteroatoms. The quantitative estimate of drug-likeness (QED) is 0.444. The first kappa shape index (κ1) is 20.5. The van der Waals surface area contributed by atoms with Crippen LogP contribution in [0.2, 0.25) is 0 Å². The van der Waals surface area contributed by atoms with Crippen LogP contribution in [0.1, 0.15) is 128 Å². The molecule has 0 bridgehead atoms. The second-order valence-electron chi connectivity index (χ2n) is 7.77.